The molecule has 0 bridgehead atoms. The molecule has 2 aromatic rings. The highest BCUT2D eigenvalue weighted by Gasteiger charge is 2.65. The van der Waals surface area contributed by atoms with E-state index in [9.17, 15) is 20.3 Å². The van der Waals surface area contributed by atoms with Crippen LogP contribution in [0.15, 0.2) is 71.9 Å². The average Bonchev–Trinajstić information content (AvgIpc) is 4.01. The number of likely N-dealkylation sites (N-methyl/N-ethyl adjacent to an activating group) is 1. The fourth-order valence-electron chi connectivity index (χ4n) is 8.63. The number of amides is 1. The number of nitrogens with zero attached hydrogens (tertiary/aromatic N) is 4. The molecule has 11 nitrogen and oxygen atoms in total. The highest BCUT2D eigenvalue weighted by molar-refractivity contribution is 6.03. The number of carbonyl (C=O) groups excluding carboxylic acids is 1. The number of rotatable bonds is 18. The van der Waals surface area contributed by atoms with Crippen molar-refractivity contribution in [1.82, 2.24) is 9.80 Å². The fourth-order valence-corrected chi connectivity index (χ4v) is 8.63. The molecule has 6 unspecified atom stereocenters. The SMILES string of the molecule is C=CCOC12Oc3ccc(OCCN4CC4)cc3C3C(CCCCO)C(CCCCO)C=C(C(=NOC(C)(C)C)CC1N(C)C(=O)c1ccc(C#N)cc1)C32. The second-order valence-corrected chi connectivity index (χ2v) is 16.3. The number of nitriles is 1. The second kappa shape index (κ2) is 17.7. The zero-order valence-electron chi connectivity index (χ0n) is 32.9. The van der Waals surface area contributed by atoms with Gasteiger partial charge in [-0.15, -0.1) is 6.58 Å². The van der Waals surface area contributed by atoms with Crippen molar-refractivity contribution >= 4 is 11.6 Å². The monoisotopic (exact) mass is 754 g/mol. The number of hydrogen-bond acceptors (Lipinski definition) is 10. The number of aliphatic hydroxyl groups excluding tert-OH is 2. The van der Waals surface area contributed by atoms with Gasteiger partial charge in [0.25, 0.3) is 5.91 Å². The molecule has 0 radical (unpaired) electrons. The summed E-state index contributed by atoms with van der Waals surface area (Å²) in [6, 6.07) is 14.2. The molecular weight excluding hydrogens is 697 g/mol. The first-order valence-corrected chi connectivity index (χ1v) is 19.9. The highest BCUT2D eigenvalue weighted by Crippen LogP contribution is 2.62. The normalized spacial score (nSPS) is 26.2. The second-order valence-electron chi connectivity index (χ2n) is 16.3. The van der Waals surface area contributed by atoms with Crippen LogP contribution in [0.2, 0.25) is 0 Å². The molecule has 0 aromatic heterocycles. The van der Waals surface area contributed by atoms with Crippen LogP contribution in [0.1, 0.15) is 93.1 Å². The number of unbranched alkanes of at least 4 members (excludes halogenated alkanes) is 2. The lowest BCUT2D eigenvalue weighted by molar-refractivity contribution is -0.252. The van der Waals surface area contributed by atoms with Gasteiger partial charge in [0.05, 0.1) is 29.9 Å². The van der Waals surface area contributed by atoms with Crippen LogP contribution in [0.3, 0.4) is 0 Å². The van der Waals surface area contributed by atoms with E-state index in [0.29, 0.717) is 42.7 Å². The Labute approximate surface area is 326 Å². The molecule has 11 heteroatoms. The molecule has 2 aromatic carbocycles. The smallest absolute Gasteiger partial charge is 0.254 e. The van der Waals surface area contributed by atoms with E-state index in [0.717, 1.165) is 67.9 Å². The lowest BCUT2D eigenvalue weighted by Gasteiger charge is -2.59. The zero-order chi connectivity index (χ0) is 39.2. The van der Waals surface area contributed by atoms with Crippen LogP contribution in [0.4, 0.5) is 0 Å². The number of oxime groups is 1. The third-order valence-corrected chi connectivity index (χ3v) is 11.3. The van der Waals surface area contributed by atoms with Crippen molar-refractivity contribution in [2.24, 2.45) is 22.9 Å². The van der Waals surface area contributed by atoms with E-state index in [1.54, 1.807) is 42.3 Å². The van der Waals surface area contributed by atoms with Crippen molar-refractivity contribution < 1.29 is 34.1 Å². The molecular formula is C44H58N4O7. The molecule has 296 valence electrons. The quantitative estimate of drug-likeness (QED) is 0.0761. The van der Waals surface area contributed by atoms with Crippen LogP contribution in [0.25, 0.3) is 0 Å². The minimum Gasteiger partial charge on any atom is -0.492 e. The third-order valence-electron chi connectivity index (χ3n) is 11.3. The Balaban J connectivity index is 1.54. The maximum absolute atomic E-state index is 14.4. The van der Waals surface area contributed by atoms with Crippen molar-refractivity contribution in [3.63, 3.8) is 0 Å². The lowest BCUT2D eigenvalue weighted by Crippen LogP contribution is -2.69. The molecule has 2 N–H and O–H groups in total. The molecule has 1 amide bonds. The van der Waals surface area contributed by atoms with Gasteiger partial charge in [0.15, 0.2) is 0 Å². The summed E-state index contributed by atoms with van der Waals surface area (Å²) in [5, 5.41) is 34.0. The predicted octanol–water partition coefficient (Wildman–Crippen LogP) is 6.46. The standard InChI is InChI=1S/C44H58N4O7/c1-6-24-53-44-39(47(5)42(51)31-15-13-30(29-45)14-16-31)28-37(46-55-43(2,3)4)35-26-32(11-7-9-22-49)34(12-8-10-23-50)40(41(35)44)36-27-33(17-18-38(36)54-44)52-25-21-48-19-20-48/h6,13-18,26-27,32,34,39-41,49-50H,1,7-12,19-25,28H2,2-5H3. The van der Waals surface area contributed by atoms with Gasteiger partial charge in [-0.1, -0.05) is 30.1 Å². The van der Waals surface area contributed by atoms with E-state index < -0.39 is 23.3 Å². The average molecular weight is 755 g/mol. The van der Waals surface area contributed by atoms with Crippen LogP contribution in [-0.4, -0.2) is 102 Å². The molecule has 1 saturated heterocycles. The van der Waals surface area contributed by atoms with Gasteiger partial charge in [-0.2, -0.15) is 5.26 Å². The fraction of sp³-hybridized carbons (Fsp3) is 0.568. The Morgan fingerprint density at radius 3 is 2.49 bits per heavy atom. The number of ether oxygens (including phenoxy) is 3. The largest absolute Gasteiger partial charge is 0.492 e. The number of benzene rings is 2. The molecule has 6 rings (SSSR count). The Morgan fingerprint density at radius 1 is 1.11 bits per heavy atom. The Bertz CT molecular complexity index is 1760. The molecule has 6 atom stereocenters. The predicted molar refractivity (Wildman–Crippen MR) is 211 cm³/mol. The summed E-state index contributed by atoms with van der Waals surface area (Å²) in [6.45, 7) is 14.0. The number of allylic oxidation sites excluding steroid dienone is 1. The van der Waals surface area contributed by atoms with Crippen molar-refractivity contribution in [2.45, 2.75) is 89.1 Å². The first-order chi connectivity index (χ1) is 26.5. The summed E-state index contributed by atoms with van der Waals surface area (Å²) >= 11 is 0. The number of aliphatic hydroxyl groups is 2. The Morgan fingerprint density at radius 2 is 1.84 bits per heavy atom. The van der Waals surface area contributed by atoms with Crippen LogP contribution >= 0.6 is 0 Å². The maximum Gasteiger partial charge on any atom is 0.254 e. The van der Waals surface area contributed by atoms with E-state index in [4.69, 9.17) is 24.2 Å². The van der Waals surface area contributed by atoms with E-state index in [1.807, 2.05) is 32.9 Å². The summed E-state index contributed by atoms with van der Waals surface area (Å²) in [5.74, 6) is -0.421. The topological polar surface area (TPSA) is 137 Å². The Kier molecular flexibility index (Phi) is 13.0. The number of carbonyl (C=O) groups is 1. The molecule has 4 aliphatic rings. The van der Waals surface area contributed by atoms with Crippen LogP contribution in [-0.2, 0) is 9.57 Å². The first kappa shape index (κ1) is 40.5. The summed E-state index contributed by atoms with van der Waals surface area (Å²) in [6.07, 6.45) is 9.15. The van der Waals surface area contributed by atoms with Gasteiger partial charge in [0.2, 0.25) is 5.79 Å². The van der Waals surface area contributed by atoms with Crippen molar-refractivity contribution in [3.05, 3.63) is 83.5 Å². The molecule has 2 fully saturated rings. The van der Waals surface area contributed by atoms with E-state index in [2.05, 4.69) is 29.7 Å². The van der Waals surface area contributed by atoms with Gasteiger partial charge >= 0.3 is 0 Å². The van der Waals surface area contributed by atoms with Crippen LogP contribution in [0, 0.1) is 29.1 Å². The highest BCUT2D eigenvalue weighted by atomic mass is 16.7. The van der Waals surface area contributed by atoms with Gasteiger partial charge in [-0.05, 0) is 106 Å². The molecule has 1 saturated carbocycles. The summed E-state index contributed by atoms with van der Waals surface area (Å²) in [7, 11) is 1.78. The molecule has 2 aliphatic heterocycles. The number of hydrogen-bond donors (Lipinski definition) is 2. The molecule has 55 heavy (non-hydrogen) atoms. The summed E-state index contributed by atoms with van der Waals surface area (Å²) in [5.41, 5.74) is 3.10. The Hall–Kier alpha value is -4.21. The van der Waals surface area contributed by atoms with Crippen molar-refractivity contribution in [3.8, 4) is 17.6 Å². The van der Waals surface area contributed by atoms with Gasteiger partial charge < -0.3 is 34.2 Å². The van der Waals surface area contributed by atoms with E-state index in [-0.39, 0.29) is 43.5 Å². The van der Waals surface area contributed by atoms with E-state index >= 15 is 0 Å². The third kappa shape index (κ3) is 9.10. The minimum atomic E-state index is -1.34. The van der Waals surface area contributed by atoms with Gasteiger partial charge in [-0.25, -0.2) is 0 Å². The maximum atomic E-state index is 14.4. The summed E-state index contributed by atoms with van der Waals surface area (Å²) < 4.78 is 20.6. The van der Waals surface area contributed by atoms with E-state index in [1.165, 1.54) is 0 Å². The van der Waals surface area contributed by atoms with Gasteiger partial charge in [-0.3, -0.25) is 9.69 Å². The number of fused-ring (bicyclic) bond motifs is 2. The molecule has 2 aliphatic carbocycles. The van der Waals surface area contributed by atoms with Crippen molar-refractivity contribution in [1.29, 1.82) is 5.26 Å². The van der Waals surface area contributed by atoms with Crippen LogP contribution in [0.5, 0.6) is 11.5 Å². The van der Waals surface area contributed by atoms with Gasteiger partial charge in [0.1, 0.15) is 29.7 Å². The zero-order valence-corrected chi connectivity index (χ0v) is 32.9. The summed E-state index contributed by atoms with van der Waals surface area (Å²) in [4.78, 5) is 24.7. The molecule has 0 spiro atoms. The van der Waals surface area contributed by atoms with Crippen LogP contribution < -0.4 is 9.47 Å². The first-order valence-electron chi connectivity index (χ1n) is 19.9. The van der Waals surface area contributed by atoms with Crippen molar-refractivity contribution in [2.75, 3.05) is 53.1 Å². The molecule has 2 heterocycles. The van der Waals surface area contributed by atoms with Gasteiger partial charge in [0, 0.05) is 63.4 Å². The minimum absolute atomic E-state index is 0.115. The lowest BCUT2D eigenvalue weighted by atomic mass is 9.55.